The summed E-state index contributed by atoms with van der Waals surface area (Å²) in [5.74, 6) is 0.773. The van der Waals surface area contributed by atoms with E-state index in [1.165, 1.54) is 39.6 Å². The van der Waals surface area contributed by atoms with Crippen LogP contribution in [0.5, 0.6) is 0 Å². The van der Waals surface area contributed by atoms with Gasteiger partial charge in [-0.15, -0.1) is 11.3 Å². The third-order valence-corrected chi connectivity index (χ3v) is 7.21. The summed E-state index contributed by atoms with van der Waals surface area (Å²) in [4.78, 5) is 24.6. The highest BCUT2D eigenvalue weighted by molar-refractivity contribution is 8.00. The van der Waals surface area contributed by atoms with Crippen molar-refractivity contribution in [3.63, 3.8) is 0 Å². The van der Waals surface area contributed by atoms with Crippen molar-refractivity contribution in [3.8, 4) is 0 Å². The molecule has 2 heterocycles. The molecule has 0 saturated carbocycles. The molecular weight excluding hydrogens is 374 g/mol. The Morgan fingerprint density at radius 2 is 2.04 bits per heavy atom. The van der Waals surface area contributed by atoms with E-state index in [-0.39, 0.29) is 11.2 Å². The summed E-state index contributed by atoms with van der Waals surface area (Å²) in [6.45, 7) is 7.94. The first-order valence-electron chi connectivity index (χ1n) is 9.26. The molecule has 0 unspecified atom stereocenters. The first-order valence-corrected chi connectivity index (χ1v) is 11.0. The molecule has 1 N–H and O–H groups in total. The van der Waals surface area contributed by atoms with Gasteiger partial charge < -0.3 is 5.32 Å². The minimum Gasteiger partial charge on any atom is -0.325 e. The molecule has 0 spiro atoms. The fourth-order valence-corrected chi connectivity index (χ4v) is 5.95. The number of hydrogen-bond donors (Lipinski definition) is 1. The third-order valence-electron chi connectivity index (χ3n) is 4.94. The number of nitrogens with one attached hydrogen (secondary N) is 1. The molecule has 6 heteroatoms. The number of thioether (sulfide) groups is 1. The third kappa shape index (κ3) is 3.60. The second-order valence-corrected chi connectivity index (χ2v) is 9.59. The lowest BCUT2D eigenvalue weighted by Crippen LogP contribution is -2.23. The van der Waals surface area contributed by atoms with Crippen LogP contribution in [0.4, 0.5) is 5.69 Å². The highest BCUT2D eigenvalue weighted by atomic mass is 32.2. The average Bonchev–Trinajstić information content (AvgIpc) is 3.17. The van der Waals surface area contributed by atoms with Crippen LogP contribution >= 0.6 is 23.1 Å². The van der Waals surface area contributed by atoms with Crippen molar-refractivity contribution in [1.29, 1.82) is 0 Å². The predicted molar refractivity (Wildman–Crippen MR) is 114 cm³/mol. The summed E-state index contributed by atoms with van der Waals surface area (Å²) >= 11 is 3.33. The molecule has 0 bridgehead atoms. The van der Waals surface area contributed by atoms with E-state index in [1.54, 1.807) is 11.3 Å². The van der Waals surface area contributed by atoms with E-state index < -0.39 is 0 Å². The minimum absolute atomic E-state index is 0.00300. The fraction of sp³-hybridized carbons (Fsp3) is 0.381. The van der Waals surface area contributed by atoms with Crippen LogP contribution < -0.4 is 5.32 Å². The molecule has 0 radical (unpaired) electrons. The normalized spacial score (nSPS) is 14.4. The Labute approximate surface area is 167 Å². The fourth-order valence-electron chi connectivity index (χ4n) is 3.56. The zero-order chi connectivity index (χ0) is 19.1. The number of aryl methyl sites for hydroxylation is 5. The maximum Gasteiger partial charge on any atom is 0.237 e. The molecule has 0 saturated heterocycles. The van der Waals surface area contributed by atoms with Crippen molar-refractivity contribution in [2.45, 2.75) is 57.2 Å². The van der Waals surface area contributed by atoms with Gasteiger partial charge in [-0.1, -0.05) is 29.5 Å². The molecule has 2 aromatic heterocycles. The van der Waals surface area contributed by atoms with Gasteiger partial charge >= 0.3 is 0 Å². The van der Waals surface area contributed by atoms with E-state index in [4.69, 9.17) is 0 Å². The zero-order valence-electron chi connectivity index (χ0n) is 16.0. The quantitative estimate of drug-likeness (QED) is 0.484. The molecule has 27 heavy (non-hydrogen) atoms. The number of rotatable bonds is 4. The monoisotopic (exact) mass is 397 g/mol. The van der Waals surface area contributed by atoms with Crippen LogP contribution in [0, 0.1) is 20.8 Å². The molecule has 140 valence electrons. The van der Waals surface area contributed by atoms with E-state index in [0.29, 0.717) is 0 Å². The van der Waals surface area contributed by atoms with E-state index in [0.717, 1.165) is 39.8 Å². The Hall–Kier alpha value is -1.92. The SMILES string of the molecule is Cc1ccc(NC(=O)[C@H](C)Sc2nc(C)nc3sc4c(c23)CCC4)c(C)c1. The number of hydrogen-bond acceptors (Lipinski definition) is 5. The van der Waals surface area contributed by atoms with Crippen molar-refractivity contribution in [1.82, 2.24) is 9.97 Å². The van der Waals surface area contributed by atoms with Gasteiger partial charge in [0.15, 0.2) is 0 Å². The summed E-state index contributed by atoms with van der Waals surface area (Å²) in [6, 6.07) is 6.07. The first-order chi connectivity index (χ1) is 12.9. The average molecular weight is 398 g/mol. The maximum atomic E-state index is 12.8. The Bertz CT molecular complexity index is 1040. The maximum absolute atomic E-state index is 12.8. The van der Waals surface area contributed by atoms with Gasteiger partial charge in [0.05, 0.1) is 5.25 Å². The van der Waals surface area contributed by atoms with Gasteiger partial charge in [0, 0.05) is 16.0 Å². The van der Waals surface area contributed by atoms with Crippen LogP contribution in [-0.2, 0) is 17.6 Å². The Kier molecular flexibility index (Phi) is 4.95. The van der Waals surface area contributed by atoms with Crippen LogP contribution in [0.15, 0.2) is 23.2 Å². The van der Waals surface area contributed by atoms with Gasteiger partial charge in [0.25, 0.3) is 0 Å². The molecule has 1 atom stereocenters. The van der Waals surface area contributed by atoms with Gasteiger partial charge in [0.1, 0.15) is 15.7 Å². The molecule has 1 amide bonds. The molecule has 1 aliphatic rings. The van der Waals surface area contributed by atoms with Crippen molar-refractivity contribution >= 4 is 44.9 Å². The van der Waals surface area contributed by atoms with Gasteiger partial charge in [0.2, 0.25) is 5.91 Å². The van der Waals surface area contributed by atoms with Gasteiger partial charge in [-0.25, -0.2) is 9.97 Å². The second-order valence-electron chi connectivity index (χ2n) is 7.18. The van der Waals surface area contributed by atoms with E-state index in [2.05, 4.69) is 28.3 Å². The number of fused-ring (bicyclic) bond motifs is 3. The number of carbonyl (C=O) groups is 1. The van der Waals surface area contributed by atoms with Crippen LogP contribution in [-0.4, -0.2) is 21.1 Å². The van der Waals surface area contributed by atoms with Gasteiger partial charge in [-0.3, -0.25) is 4.79 Å². The molecule has 3 aromatic rings. The number of carbonyl (C=O) groups excluding carboxylic acids is 1. The Balaban J connectivity index is 1.59. The number of nitrogens with zero attached hydrogens (tertiary/aromatic N) is 2. The van der Waals surface area contributed by atoms with E-state index in [1.807, 2.05) is 32.9 Å². The topological polar surface area (TPSA) is 54.9 Å². The first kappa shape index (κ1) is 18.4. The standard InChI is InChI=1S/C21H23N3OS2/c1-11-8-9-16(12(2)10-11)24-19(25)13(3)26-20-18-15-6-5-7-17(15)27-21(18)23-14(4)22-20/h8-10,13H,5-7H2,1-4H3,(H,24,25)/t13-/m0/s1. The minimum atomic E-state index is -0.236. The number of benzene rings is 1. The van der Waals surface area contributed by atoms with Crippen LogP contribution in [0.1, 0.15) is 40.7 Å². The van der Waals surface area contributed by atoms with Crippen LogP contribution in [0.3, 0.4) is 0 Å². The molecule has 0 aliphatic heterocycles. The Morgan fingerprint density at radius 3 is 2.81 bits per heavy atom. The smallest absolute Gasteiger partial charge is 0.237 e. The zero-order valence-corrected chi connectivity index (χ0v) is 17.7. The van der Waals surface area contributed by atoms with Gasteiger partial charge in [-0.2, -0.15) is 0 Å². The lowest BCUT2D eigenvalue weighted by Gasteiger charge is -2.14. The van der Waals surface area contributed by atoms with Crippen molar-refractivity contribution in [3.05, 3.63) is 45.6 Å². The molecule has 1 aliphatic carbocycles. The van der Waals surface area contributed by atoms with E-state index >= 15 is 0 Å². The Morgan fingerprint density at radius 1 is 1.22 bits per heavy atom. The summed E-state index contributed by atoms with van der Waals surface area (Å²) < 4.78 is 0. The van der Waals surface area contributed by atoms with Crippen molar-refractivity contribution in [2.24, 2.45) is 0 Å². The summed E-state index contributed by atoms with van der Waals surface area (Å²) in [7, 11) is 0. The molecule has 4 nitrogen and oxygen atoms in total. The number of aromatic nitrogens is 2. The summed E-state index contributed by atoms with van der Waals surface area (Å²) in [5, 5.41) is 4.95. The molecule has 1 aromatic carbocycles. The highest BCUT2D eigenvalue weighted by Crippen LogP contribution is 2.41. The largest absolute Gasteiger partial charge is 0.325 e. The lowest BCUT2D eigenvalue weighted by molar-refractivity contribution is -0.115. The van der Waals surface area contributed by atoms with Crippen molar-refractivity contribution in [2.75, 3.05) is 5.32 Å². The summed E-state index contributed by atoms with van der Waals surface area (Å²) in [5.41, 5.74) is 4.55. The molecule has 0 fully saturated rings. The van der Waals surface area contributed by atoms with Crippen LogP contribution in [0.25, 0.3) is 10.2 Å². The lowest BCUT2D eigenvalue weighted by atomic mass is 10.1. The van der Waals surface area contributed by atoms with Gasteiger partial charge in [-0.05, 0) is 64.2 Å². The number of anilines is 1. The highest BCUT2D eigenvalue weighted by Gasteiger charge is 2.24. The second kappa shape index (κ2) is 7.24. The number of amides is 1. The number of thiophene rings is 1. The predicted octanol–water partition coefficient (Wildman–Crippen LogP) is 5.22. The van der Waals surface area contributed by atoms with Crippen LogP contribution in [0.2, 0.25) is 0 Å². The summed E-state index contributed by atoms with van der Waals surface area (Å²) in [6.07, 6.45) is 3.44. The van der Waals surface area contributed by atoms with Crippen molar-refractivity contribution < 1.29 is 4.79 Å². The molecular formula is C21H23N3OS2. The van der Waals surface area contributed by atoms with E-state index in [9.17, 15) is 4.79 Å². The molecule has 4 rings (SSSR count).